The van der Waals surface area contributed by atoms with Crippen LogP contribution in [0.1, 0.15) is 31.1 Å². The number of hydrogen-bond acceptors (Lipinski definition) is 4. The lowest BCUT2D eigenvalue weighted by Gasteiger charge is -2.19. The number of pyridine rings is 1. The second-order valence-corrected chi connectivity index (χ2v) is 7.94. The van der Waals surface area contributed by atoms with Gasteiger partial charge in [-0.2, -0.15) is 0 Å². The SMILES string of the molecule is CC(C)(C)OC(=O)NCCNC(=O)c1ccc(Cl)c2c(=O)c3ccccc3[nH]c12. The lowest BCUT2D eigenvalue weighted by Crippen LogP contribution is -2.38. The maximum atomic E-state index is 12.8. The average molecular weight is 416 g/mol. The van der Waals surface area contributed by atoms with Gasteiger partial charge >= 0.3 is 6.09 Å². The number of carbonyl (C=O) groups excluding carboxylic acids is 2. The molecule has 0 bridgehead atoms. The van der Waals surface area contributed by atoms with Gasteiger partial charge in [-0.05, 0) is 45.0 Å². The minimum absolute atomic E-state index is 0.194. The molecule has 0 spiro atoms. The van der Waals surface area contributed by atoms with Crippen molar-refractivity contribution in [1.82, 2.24) is 15.6 Å². The highest BCUT2D eigenvalue weighted by molar-refractivity contribution is 6.36. The maximum Gasteiger partial charge on any atom is 0.407 e. The van der Waals surface area contributed by atoms with Crippen molar-refractivity contribution >= 4 is 45.4 Å². The molecule has 7 nitrogen and oxygen atoms in total. The van der Waals surface area contributed by atoms with Gasteiger partial charge < -0.3 is 20.4 Å². The quantitative estimate of drug-likeness (QED) is 0.447. The summed E-state index contributed by atoms with van der Waals surface area (Å²) in [6.07, 6.45) is -0.556. The van der Waals surface area contributed by atoms with E-state index in [1.165, 1.54) is 6.07 Å². The Morgan fingerprint density at radius 1 is 1.07 bits per heavy atom. The van der Waals surface area contributed by atoms with Crippen LogP contribution in [0.25, 0.3) is 21.8 Å². The fourth-order valence-corrected chi connectivity index (χ4v) is 3.17. The van der Waals surface area contributed by atoms with Gasteiger partial charge in [-0.1, -0.05) is 23.7 Å². The number of rotatable bonds is 4. The maximum absolute atomic E-state index is 12.8. The number of alkyl carbamates (subject to hydrolysis) is 1. The first-order valence-corrected chi connectivity index (χ1v) is 9.53. The third-order valence-electron chi connectivity index (χ3n) is 4.14. The molecule has 8 heteroatoms. The lowest BCUT2D eigenvalue weighted by atomic mass is 10.1. The molecule has 3 rings (SSSR count). The summed E-state index contributed by atoms with van der Waals surface area (Å²) in [4.78, 5) is 40.3. The highest BCUT2D eigenvalue weighted by Gasteiger charge is 2.17. The molecule has 1 aromatic heterocycles. The van der Waals surface area contributed by atoms with E-state index in [-0.39, 0.29) is 34.8 Å². The number of carbonyl (C=O) groups is 2. The number of amides is 2. The van der Waals surface area contributed by atoms with Crippen LogP contribution in [0.2, 0.25) is 5.02 Å². The van der Waals surface area contributed by atoms with Crippen molar-refractivity contribution in [2.45, 2.75) is 26.4 Å². The van der Waals surface area contributed by atoms with Crippen molar-refractivity contribution in [3.63, 3.8) is 0 Å². The number of benzene rings is 2. The van der Waals surface area contributed by atoms with E-state index in [2.05, 4.69) is 15.6 Å². The Morgan fingerprint density at radius 2 is 1.76 bits per heavy atom. The van der Waals surface area contributed by atoms with Gasteiger partial charge in [0, 0.05) is 24.0 Å². The van der Waals surface area contributed by atoms with Crippen LogP contribution in [-0.4, -0.2) is 35.7 Å². The highest BCUT2D eigenvalue weighted by atomic mass is 35.5. The number of para-hydroxylation sites is 1. The molecule has 0 aliphatic carbocycles. The minimum atomic E-state index is -0.593. The van der Waals surface area contributed by atoms with E-state index in [0.29, 0.717) is 22.0 Å². The van der Waals surface area contributed by atoms with Crippen molar-refractivity contribution in [3.05, 3.63) is 57.2 Å². The molecule has 0 aliphatic rings. The van der Waals surface area contributed by atoms with Gasteiger partial charge in [0.25, 0.3) is 5.91 Å². The van der Waals surface area contributed by atoms with Crippen LogP contribution < -0.4 is 16.1 Å². The van der Waals surface area contributed by atoms with Gasteiger partial charge in [-0.25, -0.2) is 4.79 Å². The summed E-state index contributed by atoms with van der Waals surface area (Å²) in [5.74, 6) is -0.386. The first-order valence-electron chi connectivity index (χ1n) is 9.15. The Bertz CT molecular complexity index is 1150. The van der Waals surface area contributed by atoms with Gasteiger partial charge in [0.1, 0.15) is 5.60 Å². The molecule has 2 amide bonds. The van der Waals surface area contributed by atoms with Crippen LogP contribution in [-0.2, 0) is 4.74 Å². The molecule has 0 unspecified atom stereocenters. The smallest absolute Gasteiger partial charge is 0.407 e. The first kappa shape index (κ1) is 20.7. The van der Waals surface area contributed by atoms with Crippen molar-refractivity contribution in [1.29, 1.82) is 0 Å². The summed E-state index contributed by atoms with van der Waals surface area (Å²) in [5.41, 5.74) is 0.460. The zero-order valence-electron chi connectivity index (χ0n) is 16.4. The largest absolute Gasteiger partial charge is 0.444 e. The molecule has 0 radical (unpaired) electrons. The molecule has 0 fully saturated rings. The summed E-state index contributed by atoms with van der Waals surface area (Å²) in [7, 11) is 0. The van der Waals surface area contributed by atoms with Gasteiger partial charge in [-0.3, -0.25) is 9.59 Å². The van der Waals surface area contributed by atoms with Crippen molar-refractivity contribution < 1.29 is 14.3 Å². The molecule has 29 heavy (non-hydrogen) atoms. The zero-order valence-corrected chi connectivity index (χ0v) is 17.1. The van der Waals surface area contributed by atoms with Gasteiger partial charge in [0.2, 0.25) is 0 Å². The number of hydrogen-bond donors (Lipinski definition) is 3. The number of aromatic nitrogens is 1. The summed E-state index contributed by atoms with van der Waals surface area (Å²) >= 11 is 6.24. The number of halogens is 1. The Hall–Kier alpha value is -3.06. The number of nitrogens with one attached hydrogen (secondary N) is 3. The Morgan fingerprint density at radius 3 is 2.48 bits per heavy atom. The average Bonchev–Trinajstić information content (AvgIpc) is 2.64. The number of fused-ring (bicyclic) bond motifs is 2. The Kier molecular flexibility index (Phi) is 5.79. The minimum Gasteiger partial charge on any atom is -0.444 e. The normalized spacial score (nSPS) is 11.4. The third-order valence-corrected chi connectivity index (χ3v) is 4.45. The Labute approximate surface area is 172 Å². The van der Waals surface area contributed by atoms with Crippen molar-refractivity contribution in [2.24, 2.45) is 0 Å². The molecule has 0 saturated carbocycles. The van der Waals surface area contributed by atoms with E-state index >= 15 is 0 Å². The zero-order chi connectivity index (χ0) is 21.2. The standard InChI is InChI=1S/C21H22ClN3O4/c1-21(2,3)29-20(28)24-11-10-23-19(27)13-8-9-14(22)16-17(13)25-15-7-5-4-6-12(15)18(16)26/h4-9H,10-11H2,1-3H3,(H,23,27)(H,24,28)(H,25,26). The number of ether oxygens (including phenoxy) is 1. The van der Waals surface area contributed by atoms with Crippen LogP contribution >= 0.6 is 11.6 Å². The van der Waals surface area contributed by atoms with Gasteiger partial charge in [-0.15, -0.1) is 0 Å². The second kappa shape index (κ2) is 8.13. The van der Waals surface area contributed by atoms with E-state index in [4.69, 9.17) is 16.3 Å². The molecule has 152 valence electrons. The van der Waals surface area contributed by atoms with Crippen molar-refractivity contribution in [2.75, 3.05) is 13.1 Å². The van der Waals surface area contributed by atoms with E-state index in [1.807, 2.05) is 0 Å². The second-order valence-electron chi connectivity index (χ2n) is 7.53. The summed E-state index contributed by atoms with van der Waals surface area (Å²) in [6.45, 7) is 5.70. The third kappa shape index (κ3) is 4.68. The van der Waals surface area contributed by atoms with Crippen LogP contribution in [0.5, 0.6) is 0 Å². The molecular weight excluding hydrogens is 394 g/mol. The molecule has 0 aliphatic heterocycles. The molecule has 0 atom stereocenters. The molecular formula is C21H22ClN3O4. The monoisotopic (exact) mass is 415 g/mol. The topological polar surface area (TPSA) is 100 Å². The lowest BCUT2D eigenvalue weighted by molar-refractivity contribution is 0.0526. The van der Waals surface area contributed by atoms with Crippen LogP contribution in [0.4, 0.5) is 4.79 Å². The van der Waals surface area contributed by atoms with Gasteiger partial charge in [0.05, 0.1) is 21.5 Å². The molecule has 0 saturated heterocycles. The van der Waals surface area contributed by atoms with Crippen LogP contribution in [0, 0.1) is 0 Å². The van der Waals surface area contributed by atoms with E-state index < -0.39 is 11.7 Å². The number of H-pyrrole nitrogens is 1. The van der Waals surface area contributed by atoms with Gasteiger partial charge in [0.15, 0.2) is 5.43 Å². The molecule has 3 aromatic rings. The molecule has 3 N–H and O–H groups in total. The van der Waals surface area contributed by atoms with E-state index in [1.54, 1.807) is 51.1 Å². The highest BCUT2D eigenvalue weighted by Crippen LogP contribution is 2.25. The molecule has 2 aromatic carbocycles. The van der Waals surface area contributed by atoms with E-state index in [0.717, 1.165) is 0 Å². The summed E-state index contributed by atoms with van der Waals surface area (Å²) in [5, 5.41) is 6.34. The molecule has 1 heterocycles. The summed E-state index contributed by atoms with van der Waals surface area (Å²) < 4.78 is 5.14. The fraction of sp³-hybridized carbons (Fsp3) is 0.286. The fourth-order valence-electron chi connectivity index (χ4n) is 2.93. The first-order chi connectivity index (χ1) is 13.7. The predicted molar refractivity (Wildman–Crippen MR) is 114 cm³/mol. The van der Waals surface area contributed by atoms with E-state index in [9.17, 15) is 14.4 Å². The van der Waals surface area contributed by atoms with Crippen LogP contribution in [0.15, 0.2) is 41.2 Å². The predicted octanol–water partition coefficient (Wildman–Crippen LogP) is 3.59. The number of aromatic amines is 1. The van der Waals surface area contributed by atoms with Crippen molar-refractivity contribution in [3.8, 4) is 0 Å². The summed E-state index contributed by atoms with van der Waals surface area (Å²) in [6, 6.07) is 10.1. The Balaban J connectivity index is 1.79. The van der Waals surface area contributed by atoms with Crippen LogP contribution in [0.3, 0.4) is 0 Å².